The third-order valence-electron chi connectivity index (χ3n) is 4.66. The number of amides is 1. The van der Waals surface area contributed by atoms with Crippen LogP contribution in [0.1, 0.15) is 23.2 Å². The van der Waals surface area contributed by atoms with E-state index >= 15 is 0 Å². The normalized spacial score (nSPS) is 12.1. The van der Waals surface area contributed by atoms with Gasteiger partial charge in [-0.1, -0.05) is 0 Å². The fraction of sp³-hybridized carbons (Fsp3) is 0.150. The topological polar surface area (TPSA) is 222 Å². The number of H-pyrrole nitrogens is 1. The number of aromatic amines is 1. The van der Waals surface area contributed by atoms with Gasteiger partial charge in [0.2, 0.25) is 5.95 Å². The zero-order valence-electron chi connectivity index (χ0n) is 17.3. The summed E-state index contributed by atoms with van der Waals surface area (Å²) in [6.45, 7) is 0. The number of carbonyl (C=O) groups is 3. The number of nitrogens with two attached hydrogens (primary N) is 1. The minimum absolute atomic E-state index is 0.0278. The molecule has 0 saturated heterocycles. The van der Waals surface area contributed by atoms with Crippen LogP contribution >= 0.6 is 0 Å². The SMILES string of the molecule is Nc1nc2ccc(S(=O)(=O)Nc3ccc(C(=O)N[C@@H](CCC(=O)O)C(=O)O)cc3)cc2c(=O)[nH]1. The Bertz CT molecular complexity index is 1430. The van der Waals surface area contributed by atoms with Gasteiger partial charge in [0.15, 0.2) is 0 Å². The van der Waals surface area contributed by atoms with Crippen molar-refractivity contribution in [1.29, 1.82) is 0 Å². The van der Waals surface area contributed by atoms with Gasteiger partial charge in [-0.3, -0.25) is 24.1 Å². The Morgan fingerprint density at radius 3 is 2.38 bits per heavy atom. The van der Waals surface area contributed by atoms with Crippen LogP contribution in [-0.4, -0.2) is 52.5 Å². The van der Waals surface area contributed by atoms with Gasteiger partial charge in [-0.05, 0) is 48.9 Å². The first-order chi connectivity index (χ1) is 16.0. The molecule has 0 aliphatic carbocycles. The highest BCUT2D eigenvalue weighted by Gasteiger charge is 2.22. The maximum Gasteiger partial charge on any atom is 0.326 e. The molecule has 7 N–H and O–H groups in total. The highest BCUT2D eigenvalue weighted by molar-refractivity contribution is 7.92. The van der Waals surface area contributed by atoms with Crippen LogP contribution in [0.3, 0.4) is 0 Å². The maximum atomic E-state index is 12.7. The molecule has 3 aromatic rings. The van der Waals surface area contributed by atoms with Crippen LogP contribution < -0.4 is 21.3 Å². The molecular formula is C20H19N5O8S. The van der Waals surface area contributed by atoms with Crippen LogP contribution in [0.4, 0.5) is 11.6 Å². The summed E-state index contributed by atoms with van der Waals surface area (Å²) in [6, 6.07) is 7.44. The number of carboxylic acid groups (broad SMARTS) is 2. The molecule has 0 spiro atoms. The molecular weight excluding hydrogens is 470 g/mol. The number of benzene rings is 2. The molecule has 1 atom stereocenters. The molecule has 0 unspecified atom stereocenters. The molecule has 13 nitrogen and oxygen atoms in total. The number of aromatic nitrogens is 2. The summed E-state index contributed by atoms with van der Waals surface area (Å²) >= 11 is 0. The van der Waals surface area contributed by atoms with Crippen LogP contribution in [0, 0.1) is 0 Å². The van der Waals surface area contributed by atoms with Crippen molar-refractivity contribution < 1.29 is 33.0 Å². The first-order valence-corrected chi connectivity index (χ1v) is 11.1. The van der Waals surface area contributed by atoms with E-state index in [2.05, 4.69) is 20.0 Å². The number of nitrogen functional groups attached to an aromatic ring is 1. The Morgan fingerprint density at radius 1 is 1.09 bits per heavy atom. The summed E-state index contributed by atoms with van der Waals surface area (Å²) in [5, 5.41) is 20.1. The standard InChI is InChI=1S/C20H19N5O8S/c21-20-23-14-6-5-12(9-13(14)18(29)24-20)34(32,33)25-11-3-1-10(2-4-11)17(28)22-15(19(30)31)7-8-16(26)27/h1-6,9,15,25H,7-8H2,(H,22,28)(H,26,27)(H,30,31)(H3,21,23,24,29)/t15-/m0/s1. The molecule has 0 aliphatic rings. The average Bonchev–Trinajstić information content (AvgIpc) is 2.76. The number of rotatable bonds is 9. The number of aliphatic carboxylic acids is 2. The van der Waals surface area contributed by atoms with Crippen molar-refractivity contribution in [2.24, 2.45) is 0 Å². The van der Waals surface area contributed by atoms with Crippen LogP contribution in [0.15, 0.2) is 52.2 Å². The lowest BCUT2D eigenvalue weighted by atomic mass is 10.1. The van der Waals surface area contributed by atoms with Crippen LogP contribution in [0.5, 0.6) is 0 Å². The van der Waals surface area contributed by atoms with Crippen molar-refractivity contribution in [3.05, 3.63) is 58.4 Å². The summed E-state index contributed by atoms with van der Waals surface area (Å²) in [5.41, 5.74) is 5.23. The molecule has 3 rings (SSSR count). The molecule has 1 heterocycles. The summed E-state index contributed by atoms with van der Waals surface area (Å²) in [7, 11) is -4.11. The predicted octanol–water partition coefficient (Wildman–Crippen LogP) is 0.354. The van der Waals surface area contributed by atoms with Gasteiger partial charge in [0.25, 0.3) is 21.5 Å². The van der Waals surface area contributed by atoms with Gasteiger partial charge in [-0.15, -0.1) is 0 Å². The van der Waals surface area contributed by atoms with Crippen molar-refractivity contribution in [3.8, 4) is 0 Å². The quantitative estimate of drug-likeness (QED) is 0.242. The van der Waals surface area contributed by atoms with E-state index in [1.807, 2.05) is 0 Å². The number of sulfonamides is 1. The summed E-state index contributed by atoms with van der Waals surface area (Å²) in [5.74, 6) is -3.46. The van der Waals surface area contributed by atoms with Gasteiger partial charge < -0.3 is 21.3 Å². The Kier molecular flexibility index (Phi) is 6.81. The van der Waals surface area contributed by atoms with Gasteiger partial charge in [0, 0.05) is 17.7 Å². The Morgan fingerprint density at radius 2 is 1.76 bits per heavy atom. The van der Waals surface area contributed by atoms with Crippen molar-refractivity contribution in [1.82, 2.24) is 15.3 Å². The van der Waals surface area contributed by atoms with E-state index in [1.54, 1.807) is 0 Å². The number of hydrogen-bond acceptors (Lipinski definition) is 8. The van der Waals surface area contributed by atoms with E-state index in [0.29, 0.717) is 0 Å². The molecule has 0 fully saturated rings. The number of nitrogens with one attached hydrogen (secondary N) is 3. The van der Waals surface area contributed by atoms with Crippen LogP contribution in [0.25, 0.3) is 10.9 Å². The first kappa shape index (κ1) is 24.2. The number of fused-ring (bicyclic) bond motifs is 1. The van der Waals surface area contributed by atoms with E-state index in [-0.39, 0.29) is 39.4 Å². The van der Waals surface area contributed by atoms with Crippen molar-refractivity contribution >= 4 is 50.4 Å². The van der Waals surface area contributed by atoms with Gasteiger partial charge in [-0.25, -0.2) is 18.2 Å². The van der Waals surface area contributed by atoms with Gasteiger partial charge in [-0.2, -0.15) is 0 Å². The van der Waals surface area contributed by atoms with Crippen molar-refractivity contribution in [2.45, 2.75) is 23.8 Å². The first-order valence-electron chi connectivity index (χ1n) is 9.64. The van der Waals surface area contributed by atoms with E-state index in [0.717, 1.165) is 6.07 Å². The summed E-state index contributed by atoms with van der Waals surface area (Å²) in [6.07, 6.45) is -0.743. The minimum atomic E-state index is -4.11. The van der Waals surface area contributed by atoms with Gasteiger partial charge in [0.05, 0.1) is 15.8 Å². The monoisotopic (exact) mass is 489 g/mol. The molecule has 14 heteroatoms. The lowest BCUT2D eigenvalue weighted by Gasteiger charge is -2.14. The third kappa shape index (κ3) is 5.66. The van der Waals surface area contributed by atoms with Gasteiger partial charge in [0.1, 0.15) is 6.04 Å². The van der Waals surface area contributed by atoms with E-state index in [4.69, 9.17) is 15.9 Å². The third-order valence-corrected chi connectivity index (χ3v) is 6.03. The maximum absolute atomic E-state index is 12.7. The second kappa shape index (κ2) is 9.58. The molecule has 178 valence electrons. The molecule has 0 saturated carbocycles. The lowest BCUT2D eigenvalue weighted by Crippen LogP contribution is -2.41. The van der Waals surface area contributed by atoms with Crippen molar-refractivity contribution in [2.75, 3.05) is 10.5 Å². The molecule has 2 aromatic carbocycles. The van der Waals surface area contributed by atoms with E-state index in [1.165, 1.54) is 36.4 Å². The molecule has 0 aliphatic heterocycles. The molecule has 0 bridgehead atoms. The number of anilines is 2. The Hall–Kier alpha value is -4.46. The highest BCUT2D eigenvalue weighted by atomic mass is 32.2. The van der Waals surface area contributed by atoms with Crippen LogP contribution in [-0.2, 0) is 19.6 Å². The molecule has 0 radical (unpaired) electrons. The fourth-order valence-corrected chi connectivity index (χ4v) is 4.06. The number of carboxylic acids is 2. The Labute approximate surface area is 191 Å². The average molecular weight is 489 g/mol. The lowest BCUT2D eigenvalue weighted by molar-refractivity contribution is -0.140. The smallest absolute Gasteiger partial charge is 0.326 e. The molecule has 1 aromatic heterocycles. The molecule has 34 heavy (non-hydrogen) atoms. The summed E-state index contributed by atoms with van der Waals surface area (Å²) < 4.78 is 27.8. The fourth-order valence-electron chi connectivity index (χ4n) is 2.97. The second-order valence-corrected chi connectivity index (χ2v) is 8.79. The largest absolute Gasteiger partial charge is 0.481 e. The Balaban J connectivity index is 1.75. The minimum Gasteiger partial charge on any atom is -0.481 e. The molecule has 1 amide bonds. The highest BCUT2D eigenvalue weighted by Crippen LogP contribution is 2.20. The number of nitrogens with zero attached hydrogens (tertiary/aromatic N) is 1. The predicted molar refractivity (Wildman–Crippen MR) is 120 cm³/mol. The number of carbonyl (C=O) groups excluding carboxylic acids is 1. The van der Waals surface area contributed by atoms with Crippen LogP contribution in [0.2, 0.25) is 0 Å². The number of hydrogen-bond donors (Lipinski definition) is 6. The van der Waals surface area contributed by atoms with E-state index < -0.39 is 45.9 Å². The summed E-state index contributed by atoms with van der Waals surface area (Å²) in [4.78, 5) is 52.2. The second-order valence-electron chi connectivity index (χ2n) is 7.11. The zero-order valence-corrected chi connectivity index (χ0v) is 18.1. The van der Waals surface area contributed by atoms with Crippen molar-refractivity contribution in [3.63, 3.8) is 0 Å². The van der Waals surface area contributed by atoms with Gasteiger partial charge >= 0.3 is 11.9 Å². The van der Waals surface area contributed by atoms with E-state index in [9.17, 15) is 27.6 Å². The zero-order chi connectivity index (χ0) is 25.0.